The maximum absolute atomic E-state index is 13.0. The summed E-state index contributed by atoms with van der Waals surface area (Å²) in [5.74, 6) is -0.742. The fourth-order valence-electron chi connectivity index (χ4n) is 4.76. The van der Waals surface area contributed by atoms with Crippen molar-refractivity contribution in [2.24, 2.45) is 10.2 Å². The van der Waals surface area contributed by atoms with Gasteiger partial charge in [-0.2, -0.15) is 15.1 Å². The number of benzene rings is 4. The number of esters is 4. The molecule has 0 aliphatic carbocycles. The van der Waals surface area contributed by atoms with Crippen LogP contribution in [0.1, 0.15) is 76.4 Å². The molecule has 0 aliphatic rings. The van der Waals surface area contributed by atoms with E-state index in [2.05, 4.69) is 23.4 Å². The van der Waals surface area contributed by atoms with Crippen LogP contribution in [-0.4, -0.2) is 56.1 Å². The molecule has 0 radical (unpaired) electrons. The van der Waals surface area contributed by atoms with Crippen molar-refractivity contribution in [1.29, 1.82) is 0 Å². The van der Waals surface area contributed by atoms with Crippen LogP contribution in [0.4, 0.5) is 0 Å². The Morgan fingerprint density at radius 2 is 1.25 bits per heavy atom. The molecule has 0 unspecified atom stereocenters. The summed E-state index contributed by atoms with van der Waals surface area (Å²) in [7, 11) is 0. The predicted octanol–water partition coefficient (Wildman–Crippen LogP) is 8.20. The smallest absolute Gasteiger partial charge is 0.343 e. The van der Waals surface area contributed by atoms with Crippen LogP contribution in [0.15, 0.2) is 127 Å². The third-order valence-electron chi connectivity index (χ3n) is 7.72. The standard InChI is InChI=1S/C44H44N2O11/c1-4-25-53-44(50)39-28-34(15-24-40(39)56-43(49)35-16-22-36(23-17-35)51-26-9-7-8-10-27-52-41(47)5-2)30-46-45-29-32-11-20-38(21-12-32)57-54-31-33-13-18-37(19-14-33)55-42(48)6-3/h5-6,11-24,28-30H,2-4,7-10,25-27,31H2,1H3/b45-29+,46-30+. The van der Waals surface area contributed by atoms with Crippen LogP contribution in [-0.2, 0) is 30.6 Å². The van der Waals surface area contributed by atoms with Crippen LogP contribution in [0.25, 0.3) is 0 Å². The summed E-state index contributed by atoms with van der Waals surface area (Å²) in [6.07, 6.45) is 9.26. The molecule has 0 saturated heterocycles. The average molecular weight is 777 g/mol. The minimum Gasteiger partial charge on any atom is -0.494 e. The number of hydrogen-bond donors (Lipinski definition) is 0. The molecule has 0 saturated carbocycles. The molecule has 57 heavy (non-hydrogen) atoms. The Balaban J connectivity index is 1.26. The maximum atomic E-state index is 13.0. The molecule has 0 amide bonds. The first-order valence-corrected chi connectivity index (χ1v) is 18.2. The van der Waals surface area contributed by atoms with Crippen LogP contribution < -0.4 is 19.1 Å². The van der Waals surface area contributed by atoms with Crippen LogP contribution in [0.5, 0.6) is 23.0 Å². The van der Waals surface area contributed by atoms with Gasteiger partial charge in [-0.05, 0) is 128 Å². The van der Waals surface area contributed by atoms with E-state index in [9.17, 15) is 19.2 Å². The van der Waals surface area contributed by atoms with Crippen molar-refractivity contribution in [3.63, 3.8) is 0 Å². The molecular formula is C44H44N2O11. The first-order chi connectivity index (χ1) is 27.8. The molecule has 0 bridgehead atoms. The van der Waals surface area contributed by atoms with Gasteiger partial charge >= 0.3 is 23.9 Å². The van der Waals surface area contributed by atoms with E-state index in [0.717, 1.165) is 49.0 Å². The molecule has 13 heteroatoms. The van der Waals surface area contributed by atoms with Crippen molar-refractivity contribution in [1.82, 2.24) is 0 Å². The van der Waals surface area contributed by atoms with Crippen LogP contribution >= 0.6 is 0 Å². The van der Waals surface area contributed by atoms with E-state index >= 15 is 0 Å². The second kappa shape index (κ2) is 23.8. The highest BCUT2D eigenvalue weighted by atomic mass is 17.2. The van der Waals surface area contributed by atoms with Crippen LogP contribution in [0.2, 0.25) is 0 Å². The van der Waals surface area contributed by atoms with E-state index in [1.54, 1.807) is 85.1 Å². The van der Waals surface area contributed by atoms with Gasteiger partial charge in [0.05, 0.1) is 37.8 Å². The maximum Gasteiger partial charge on any atom is 0.343 e. The Bertz CT molecular complexity index is 2010. The number of nitrogens with zero attached hydrogens (tertiary/aromatic N) is 2. The average Bonchev–Trinajstić information content (AvgIpc) is 3.24. The van der Waals surface area contributed by atoms with Crippen molar-refractivity contribution < 1.29 is 52.6 Å². The van der Waals surface area contributed by atoms with Gasteiger partial charge in [-0.3, -0.25) is 0 Å². The molecule has 0 heterocycles. The van der Waals surface area contributed by atoms with Crippen LogP contribution in [0, 0.1) is 0 Å². The lowest BCUT2D eigenvalue weighted by Crippen LogP contribution is -2.14. The van der Waals surface area contributed by atoms with Gasteiger partial charge in [-0.1, -0.05) is 32.2 Å². The van der Waals surface area contributed by atoms with Gasteiger partial charge < -0.3 is 28.6 Å². The summed E-state index contributed by atoms with van der Waals surface area (Å²) >= 11 is 0. The third-order valence-corrected chi connectivity index (χ3v) is 7.72. The molecule has 0 fully saturated rings. The second-order valence-corrected chi connectivity index (χ2v) is 12.1. The second-order valence-electron chi connectivity index (χ2n) is 12.1. The molecule has 0 atom stereocenters. The van der Waals surface area contributed by atoms with E-state index < -0.39 is 23.9 Å². The van der Waals surface area contributed by atoms with Gasteiger partial charge in [-0.15, -0.1) is 0 Å². The Morgan fingerprint density at radius 3 is 1.93 bits per heavy atom. The Hall–Kier alpha value is -6.86. The van der Waals surface area contributed by atoms with Gasteiger partial charge in [-0.25, -0.2) is 19.2 Å². The number of rotatable bonds is 23. The van der Waals surface area contributed by atoms with Crippen molar-refractivity contribution in [2.75, 3.05) is 19.8 Å². The van der Waals surface area contributed by atoms with E-state index in [1.807, 2.05) is 6.92 Å². The molecule has 0 spiro atoms. The highest BCUT2D eigenvalue weighted by Crippen LogP contribution is 2.24. The van der Waals surface area contributed by atoms with E-state index in [-0.39, 0.29) is 30.1 Å². The van der Waals surface area contributed by atoms with Crippen molar-refractivity contribution in [2.45, 2.75) is 45.6 Å². The van der Waals surface area contributed by atoms with Gasteiger partial charge in [0.1, 0.15) is 29.4 Å². The van der Waals surface area contributed by atoms with Crippen LogP contribution in [0.3, 0.4) is 0 Å². The van der Waals surface area contributed by atoms with Gasteiger partial charge in [0.2, 0.25) is 0 Å². The lowest BCUT2D eigenvalue weighted by Gasteiger charge is -2.11. The molecule has 13 nitrogen and oxygen atoms in total. The van der Waals surface area contributed by atoms with Crippen molar-refractivity contribution in [3.8, 4) is 23.0 Å². The lowest BCUT2D eigenvalue weighted by atomic mass is 10.1. The largest absolute Gasteiger partial charge is 0.494 e. The molecule has 4 aromatic carbocycles. The summed E-state index contributed by atoms with van der Waals surface area (Å²) in [4.78, 5) is 59.0. The van der Waals surface area contributed by atoms with Gasteiger partial charge in [0.15, 0.2) is 5.75 Å². The molecular weight excluding hydrogens is 732 g/mol. The van der Waals surface area contributed by atoms with E-state index in [1.165, 1.54) is 18.3 Å². The SMILES string of the molecule is C=CC(=O)OCCCCCCOc1ccc(C(=O)Oc2ccc(/C=N/N=C/c3ccc(OOCc4ccc(OC(=O)C=C)cc4)cc3)cc2C(=O)OCCC)cc1. The number of hydrogen-bond acceptors (Lipinski definition) is 13. The number of ether oxygens (including phenoxy) is 5. The zero-order chi connectivity index (χ0) is 40.7. The first kappa shape index (κ1) is 42.9. The third kappa shape index (κ3) is 15.4. The van der Waals surface area contributed by atoms with E-state index in [4.69, 9.17) is 33.5 Å². The van der Waals surface area contributed by atoms with Crippen molar-refractivity contribution >= 4 is 36.3 Å². The quantitative estimate of drug-likeness (QED) is 0.0136. The summed E-state index contributed by atoms with van der Waals surface area (Å²) in [5.41, 5.74) is 2.42. The lowest BCUT2D eigenvalue weighted by molar-refractivity contribution is -0.217. The summed E-state index contributed by atoms with van der Waals surface area (Å²) < 4.78 is 26.8. The Labute approximate surface area is 331 Å². The highest BCUT2D eigenvalue weighted by Gasteiger charge is 2.19. The Morgan fingerprint density at radius 1 is 0.614 bits per heavy atom. The normalized spacial score (nSPS) is 10.8. The zero-order valence-corrected chi connectivity index (χ0v) is 31.6. The van der Waals surface area contributed by atoms with Gasteiger partial charge in [0.25, 0.3) is 0 Å². The highest BCUT2D eigenvalue weighted by molar-refractivity contribution is 5.98. The molecule has 4 rings (SSSR count). The fraction of sp³-hybridized carbons (Fsp3) is 0.227. The molecule has 0 N–H and O–H groups in total. The molecule has 296 valence electrons. The fourth-order valence-corrected chi connectivity index (χ4v) is 4.76. The Kier molecular flexibility index (Phi) is 17.9. The molecule has 0 aromatic heterocycles. The van der Waals surface area contributed by atoms with Gasteiger partial charge in [0, 0.05) is 12.2 Å². The number of carbonyl (C=O) groups excluding carboxylic acids is 4. The summed E-state index contributed by atoms with van der Waals surface area (Å²) in [5, 5.41) is 8.19. The molecule has 4 aromatic rings. The number of carbonyl (C=O) groups is 4. The van der Waals surface area contributed by atoms with E-state index in [0.29, 0.717) is 42.4 Å². The monoisotopic (exact) mass is 776 g/mol. The summed E-state index contributed by atoms with van der Waals surface area (Å²) in [6.45, 7) is 9.84. The topological polar surface area (TPSA) is 158 Å². The first-order valence-electron chi connectivity index (χ1n) is 18.2. The minimum absolute atomic E-state index is 0.0390. The zero-order valence-electron chi connectivity index (χ0n) is 31.6. The van der Waals surface area contributed by atoms with Crippen molar-refractivity contribution in [3.05, 3.63) is 144 Å². The molecule has 0 aliphatic heterocycles. The summed E-state index contributed by atoms with van der Waals surface area (Å²) in [6, 6.07) is 24.9. The minimum atomic E-state index is -0.655. The number of unbranched alkanes of at least 4 members (excludes halogenated alkanes) is 3. The predicted molar refractivity (Wildman–Crippen MR) is 213 cm³/mol.